The van der Waals surface area contributed by atoms with E-state index in [2.05, 4.69) is 27.5 Å². The number of nitrogen functional groups attached to an aromatic ring is 1. The Morgan fingerprint density at radius 1 is 1.04 bits per heavy atom. The molecule has 2 amide bonds. The molecule has 45 heavy (non-hydrogen) atoms. The SMILES string of the molecule is CC(C)C(=O)N1CCC(c2cc(-c3ccc(NC(=O)c4cc(F)cn(-c5ccccn5)c4=O)cc3)c3c(N)nn(C)c3c2)CC1. The van der Waals surface area contributed by atoms with Crippen molar-refractivity contribution in [3.8, 4) is 16.9 Å². The first-order valence-corrected chi connectivity index (χ1v) is 14.9. The third kappa shape index (κ3) is 5.81. The van der Waals surface area contributed by atoms with Gasteiger partial charge in [0.15, 0.2) is 5.82 Å². The number of pyridine rings is 2. The van der Waals surface area contributed by atoms with Gasteiger partial charge in [0, 0.05) is 44.1 Å². The molecule has 10 nitrogen and oxygen atoms in total. The second-order valence-electron chi connectivity index (χ2n) is 11.7. The molecular weight excluding hydrogens is 573 g/mol. The van der Waals surface area contributed by atoms with Crippen LogP contribution in [0.2, 0.25) is 0 Å². The quantitative estimate of drug-likeness (QED) is 0.276. The van der Waals surface area contributed by atoms with Crippen LogP contribution in [0.3, 0.4) is 0 Å². The van der Waals surface area contributed by atoms with Crippen LogP contribution in [0.5, 0.6) is 0 Å². The zero-order valence-corrected chi connectivity index (χ0v) is 25.3. The number of hydrogen-bond acceptors (Lipinski definition) is 6. The number of hydrogen-bond donors (Lipinski definition) is 2. The number of halogens is 1. The van der Waals surface area contributed by atoms with Crippen LogP contribution in [-0.2, 0) is 11.8 Å². The first kappa shape index (κ1) is 29.7. The van der Waals surface area contributed by atoms with Crippen molar-refractivity contribution in [3.05, 3.63) is 100 Å². The number of benzene rings is 2. The molecule has 1 saturated heterocycles. The van der Waals surface area contributed by atoms with Gasteiger partial charge in [-0.1, -0.05) is 32.0 Å². The summed E-state index contributed by atoms with van der Waals surface area (Å²) in [5.41, 5.74) is 9.62. The Morgan fingerprint density at radius 3 is 2.44 bits per heavy atom. The standard InChI is InChI=1S/C34H34FN7O3/c1-20(2)33(44)41-14-11-21(12-15-41)23-16-26(30-28(17-23)40(3)39-31(30)36)22-7-9-25(10-8-22)38-32(43)27-18-24(35)19-42(34(27)45)29-6-4-5-13-37-29/h4-10,13,16-21H,11-12,14-15H2,1-3H3,(H2,36,39)(H,38,43). The Hall–Kier alpha value is -5.32. The highest BCUT2D eigenvalue weighted by Gasteiger charge is 2.27. The van der Waals surface area contributed by atoms with E-state index >= 15 is 0 Å². The first-order valence-electron chi connectivity index (χ1n) is 14.9. The van der Waals surface area contributed by atoms with Gasteiger partial charge in [-0.3, -0.25) is 23.6 Å². The smallest absolute Gasteiger partial charge is 0.269 e. The van der Waals surface area contributed by atoms with Crippen LogP contribution in [0.25, 0.3) is 27.8 Å². The Morgan fingerprint density at radius 2 is 1.78 bits per heavy atom. The molecule has 2 aromatic carbocycles. The lowest BCUT2D eigenvalue weighted by Gasteiger charge is -2.33. The molecule has 6 rings (SSSR count). The summed E-state index contributed by atoms with van der Waals surface area (Å²) in [4.78, 5) is 44.7. The van der Waals surface area contributed by atoms with Crippen molar-refractivity contribution in [3.63, 3.8) is 0 Å². The van der Waals surface area contributed by atoms with Crippen LogP contribution in [0.1, 0.15) is 48.5 Å². The van der Waals surface area contributed by atoms with Crippen LogP contribution < -0.4 is 16.6 Å². The summed E-state index contributed by atoms with van der Waals surface area (Å²) in [6.07, 6.45) is 4.21. The maximum absolute atomic E-state index is 14.4. The minimum atomic E-state index is -0.740. The summed E-state index contributed by atoms with van der Waals surface area (Å²) in [7, 11) is 1.86. The second kappa shape index (κ2) is 12.0. The van der Waals surface area contributed by atoms with Crippen LogP contribution in [0.15, 0.2) is 77.9 Å². The Bertz CT molecular complexity index is 1960. The molecule has 5 aromatic rings. The fourth-order valence-electron chi connectivity index (χ4n) is 6.01. The number of nitrogens with zero attached hydrogens (tertiary/aromatic N) is 5. The van der Waals surface area contributed by atoms with E-state index in [-0.39, 0.29) is 29.1 Å². The Labute approximate surface area is 259 Å². The van der Waals surface area contributed by atoms with Crippen molar-refractivity contribution in [2.75, 3.05) is 24.1 Å². The highest BCUT2D eigenvalue weighted by molar-refractivity contribution is 6.05. The minimum Gasteiger partial charge on any atom is -0.382 e. The van der Waals surface area contributed by atoms with E-state index in [0.29, 0.717) is 11.5 Å². The van der Waals surface area contributed by atoms with Crippen molar-refractivity contribution < 1.29 is 14.0 Å². The maximum atomic E-state index is 14.4. The van der Waals surface area contributed by atoms with Gasteiger partial charge in [0.2, 0.25) is 5.91 Å². The molecule has 230 valence electrons. The monoisotopic (exact) mass is 607 g/mol. The number of amides is 2. The fourth-order valence-corrected chi connectivity index (χ4v) is 6.01. The average molecular weight is 608 g/mol. The molecule has 1 aliphatic rings. The van der Waals surface area contributed by atoms with Crippen LogP contribution in [0.4, 0.5) is 15.9 Å². The number of nitrogens with two attached hydrogens (primary N) is 1. The van der Waals surface area contributed by atoms with Gasteiger partial charge < -0.3 is 16.0 Å². The summed E-state index contributed by atoms with van der Waals surface area (Å²) >= 11 is 0. The average Bonchev–Trinajstić information content (AvgIpc) is 3.34. The molecule has 0 unspecified atom stereocenters. The van der Waals surface area contributed by atoms with E-state index in [0.717, 1.165) is 70.4 Å². The van der Waals surface area contributed by atoms with Crippen molar-refractivity contribution >= 4 is 34.2 Å². The number of aryl methyl sites for hydroxylation is 1. The van der Waals surface area contributed by atoms with Gasteiger partial charge in [0.05, 0.1) is 10.9 Å². The molecule has 0 radical (unpaired) electrons. The minimum absolute atomic E-state index is 0.0196. The van der Waals surface area contributed by atoms with Crippen molar-refractivity contribution in [1.29, 1.82) is 0 Å². The maximum Gasteiger partial charge on any atom is 0.269 e. The summed E-state index contributed by atoms with van der Waals surface area (Å²) in [6.45, 7) is 5.29. The predicted molar refractivity (Wildman–Crippen MR) is 172 cm³/mol. The highest BCUT2D eigenvalue weighted by Crippen LogP contribution is 2.38. The van der Waals surface area contributed by atoms with Gasteiger partial charge in [-0.25, -0.2) is 9.37 Å². The number of likely N-dealkylation sites (tertiary alicyclic amines) is 1. The molecule has 3 aromatic heterocycles. The van der Waals surface area contributed by atoms with Crippen molar-refractivity contribution in [2.24, 2.45) is 13.0 Å². The molecule has 1 fully saturated rings. The third-order valence-corrected chi connectivity index (χ3v) is 8.35. The van der Waals surface area contributed by atoms with Crippen LogP contribution in [0, 0.1) is 11.7 Å². The Kier molecular flexibility index (Phi) is 7.92. The summed E-state index contributed by atoms with van der Waals surface area (Å²) in [5, 5.41) is 8.01. The van der Waals surface area contributed by atoms with Crippen LogP contribution >= 0.6 is 0 Å². The first-order chi connectivity index (χ1) is 21.6. The van der Waals surface area contributed by atoms with Gasteiger partial charge in [-0.2, -0.15) is 5.10 Å². The molecule has 0 aliphatic carbocycles. The van der Waals surface area contributed by atoms with E-state index in [4.69, 9.17) is 5.73 Å². The second-order valence-corrected chi connectivity index (χ2v) is 11.7. The predicted octanol–water partition coefficient (Wildman–Crippen LogP) is 5.12. The van der Waals surface area contributed by atoms with E-state index in [9.17, 15) is 18.8 Å². The summed E-state index contributed by atoms with van der Waals surface area (Å²) in [5.74, 6) is -0.407. The fraction of sp³-hybridized carbons (Fsp3) is 0.265. The molecule has 0 spiro atoms. The molecule has 1 aliphatic heterocycles. The lowest BCUT2D eigenvalue weighted by Crippen LogP contribution is -2.40. The van der Waals surface area contributed by atoms with Crippen molar-refractivity contribution in [1.82, 2.24) is 24.2 Å². The normalized spacial score (nSPS) is 13.8. The lowest BCUT2D eigenvalue weighted by atomic mass is 9.86. The number of piperidine rings is 1. The van der Waals surface area contributed by atoms with Crippen molar-refractivity contribution in [2.45, 2.75) is 32.6 Å². The number of carbonyl (C=O) groups is 2. The number of anilines is 2. The third-order valence-electron chi connectivity index (χ3n) is 8.35. The largest absolute Gasteiger partial charge is 0.382 e. The topological polar surface area (TPSA) is 128 Å². The summed E-state index contributed by atoms with van der Waals surface area (Å²) in [6, 6.07) is 17.3. The molecular formula is C34H34FN7O3. The molecule has 11 heteroatoms. The highest BCUT2D eigenvalue weighted by atomic mass is 19.1. The summed E-state index contributed by atoms with van der Waals surface area (Å²) < 4.78 is 17.2. The van der Waals surface area contributed by atoms with Gasteiger partial charge in [0.25, 0.3) is 11.5 Å². The number of rotatable bonds is 6. The molecule has 4 heterocycles. The van der Waals surface area contributed by atoms with E-state index < -0.39 is 17.3 Å². The molecule has 3 N–H and O–H groups in total. The molecule has 0 saturated carbocycles. The number of nitrogens with one attached hydrogen (secondary N) is 1. The number of fused-ring (bicyclic) bond motifs is 1. The van der Waals surface area contributed by atoms with E-state index in [1.54, 1.807) is 35.0 Å². The van der Waals surface area contributed by atoms with Gasteiger partial charge >= 0.3 is 0 Å². The molecule has 0 bridgehead atoms. The molecule has 0 atom stereocenters. The lowest BCUT2D eigenvalue weighted by molar-refractivity contribution is -0.135. The Balaban J connectivity index is 1.27. The number of carbonyl (C=O) groups excluding carboxylic acids is 2. The van der Waals surface area contributed by atoms with E-state index in [1.807, 2.05) is 37.9 Å². The van der Waals surface area contributed by atoms with Gasteiger partial charge in [-0.05, 0) is 77.9 Å². The van der Waals surface area contributed by atoms with Gasteiger partial charge in [-0.15, -0.1) is 0 Å². The van der Waals surface area contributed by atoms with Crippen LogP contribution in [-0.4, -0.2) is 49.1 Å². The van der Waals surface area contributed by atoms with E-state index in [1.165, 1.54) is 6.20 Å². The zero-order chi connectivity index (χ0) is 31.8. The van der Waals surface area contributed by atoms with Gasteiger partial charge in [0.1, 0.15) is 17.2 Å². The zero-order valence-electron chi connectivity index (χ0n) is 25.3. The number of aromatic nitrogens is 4.